The van der Waals surface area contributed by atoms with Crippen molar-refractivity contribution in [3.63, 3.8) is 0 Å². The number of urea groups is 1. The van der Waals surface area contributed by atoms with Gasteiger partial charge in [-0.2, -0.15) is 0 Å². The molecule has 3 aromatic rings. The van der Waals surface area contributed by atoms with Gasteiger partial charge in [0, 0.05) is 19.2 Å². The predicted molar refractivity (Wildman–Crippen MR) is 109 cm³/mol. The van der Waals surface area contributed by atoms with Crippen LogP contribution < -0.4 is 10.6 Å². The molecule has 0 radical (unpaired) electrons. The van der Waals surface area contributed by atoms with Gasteiger partial charge in [-0.15, -0.1) is 10.2 Å². The first-order valence-electron chi connectivity index (χ1n) is 8.86. The molecule has 3 rings (SSSR count). The fourth-order valence-electron chi connectivity index (χ4n) is 2.71. The number of hydrogen-bond acceptors (Lipinski definition) is 5. The number of rotatable bonds is 6. The van der Waals surface area contributed by atoms with Crippen LogP contribution in [0.5, 0.6) is 0 Å². The number of aromatic nitrogens is 3. The number of nitrogens with zero attached hydrogens (tertiary/aromatic N) is 3. The summed E-state index contributed by atoms with van der Waals surface area (Å²) >= 11 is 1.27. The summed E-state index contributed by atoms with van der Waals surface area (Å²) in [7, 11) is 1.47. The third kappa shape index (κ3) is 4.40. The molecule has 1 aromatic heterocycles. The predicted octanol–water partition coefficient (Wildman–Crippen LogP) is 3.25. The highest BCUT2D eigenvalue weighted by Gasteiger charge is 2.26. The van der Waals surface area contributed by atoms with Gasteiger partial charge in [0.25, 0.3) is 0 Å². The first-order valence-corrected chi connectivity index (χ1v) is 9.74. The van der Waals surface area contributed by atoms with E-state index in [2.05, 4.69) is 20.8 Å². The zero-order chi connectivity index (χ0) is 19.9. The van der Waals surface area contributed by atoms with E-state index in [0.29, 0.717) is 11.7 Å². The van der Waals surface area contributed by atoms with Crippen LogP contribution in [-0.2, 0) is 11.3 Å². The molecule has 0 aliphatic rings. The summed E-state index contributed by atoms with van der Waals surface area (Å²) in [4.78, 5) is 24.4. The summed E-state index contributed by atoms with van der Waals surface area (Å²) in [5, 5.41) is 13.4. The third-order valence-electron chi connectivity index (χ3n) is 4.09. The maximum atomic E-state index is 12.7. The maximum absolute atomic E-state index is 12.7. The lowest BCUT2D eigenvalue weighted by molar-refractivity contribution is -0.119. The summed E-state index contributed by atoms with van der Waals surface area (Å²) in [6.45, 7) is 2.65. The van der Waals surface area contributed by atoms with Gasteiger partial charge in [-0.1, -0.05) is 72.4 Å². The van der Waals surface area contributed by atoms with E-state index in [-0.39, 0.29) is 0 Å². The van der Waals surface area contributed by atoms with Crippen LogP contribution in [0.1, 0.15) is 17.7 Å². The van der Waals surface area contributed by atoms with Crippen LogP contribution in [0.3, 0.4) is 0 Å². The van der Waals surface area contributed by atoms with E-state index in [9.17, 15) is 9.59 Å². The topological polar surface area (TPSA) is 88.9 Å². The lowest BCUT2D eigenvalue weighted by atomic mass is 10.1. The van der Waals surface area contributed by atoms with Gasteiger partial charge in [-0.3, -0.25) is 10.1 Å². The number of thioether (sulfide) groups is 1. The Balaban J connectivity index is 1.94. The molecule has 28 heavy (non-hydrogen) atoms. The molecule has 3 amide bonds. The Labute approximate surface area is 167 Å². The normalized spacial score (nSPS) is 11.6. The Morgan fingerprint density at radius 2 is 1.68 bits per heavy atom. The molecular formula is C20H21N5O2S. The van der Waals surface area contributed by atoms with Crippen LogP contribution in [0, 0.1) is 0 Å². The summed E-state index contributed by atoms with van der Waals surface area (Å²) in [6.07, 6.45) is 0. The van der Waals surface area contributed by atoms with Crippen LogP contribution in [0.2, 0.25) is 0 Å². The van der Waals surface area contributed by atoms with E-state index in [4.69, 9.17) is 0 Å². The number of hydrogen-bond donors (Lipinski definition) is 2. The Morgan fingerprint density at radius 3 is 2.29 bits per heavy atom. The highest BCUT2D eigenvalue weighted by molar-refractivity contribution is 8.00. The van der Waals surface area contributed by atoms with Crippen molar-refractivity contribution in [2.45, 2.75) is 23.9 Å². The number of benzene rings is 2. The van der Waals surface area contributed by atoms with Gasteiger partial charge in [0.1, 0.15) is 5.25 Å². The number of nitrogens with one attached hydrogen (secondary N) is 2. The highest BCUT2D eigenvalue weighted by atomic mass is 32.2. The Bertz CT molecular complexity index is 944. The minimum absolute atomic E-state index is 0.414. The number of imide groups is 1. The maximum Gasteiger partial charge on any atom is 0.321 e. The van der Waals surface area contributed by atoms with E-state index in [1.807, 2.05) is 72.2 Å². The van der Waals surface area contributed by atoms with Crippen LogP contribution in [0.4, 0.5) is 4.79 Å². The molecule has 1 heterocycles. The molecule has 0 spiro atoms. The zero-order valence-electron chi connectivity index (χ0n) is 15.6. The van der Waals surface area contributed by atoms with Crippen LogP contribution >= 0.6 is 11.8 Å². The molecular weight excluding hydrogens is 374 g/mol. The molecule has 0 aliphatic heterocycles. The van der Waals surface area contributed by atoms with Gasteiger partial charge in [-0.05, 0) is 12.5 Å². The van der Waals surface area contributed by atoms with E-state index >= 15 is 0 Å². The molecule has 7 nitrogen and oxygen atoms in total. The monoisotopic (exact) mass is 395 g/mol. The molecule has 144 valence electrons. The molecule has 0 saturated heterocycles. The van der Waals surface area contributed by atoms with E-state index in [0.717, 1.165) is 17.0 Å². The van der Waals surface area contributed by atoms with Gasteiger partial charge in [0.15, 0.2) is 11.0 Å². The van der Waals surface area contributed by atoms with Crippen molar-refractivity contribution >= 4 is 23.7 Å². The largest absolute Gasteiger partial charge is 0.341 e. The minimum atomic E-state index is -0.642. The first-order chi connectivity index (χ1) is 13.6. The van der Waals surface area contributed by atoms with Crippen molar-refractivity contribution < 1.29 is 9.59 Å². The van der Waals surface area contributed by atoms with Crippen LogP contribution in [0.25, 0.3) is 11.4 Å². The standard InChI is InChI=1S/C20H21N5O2S/c1-3-25-17(15-12-8-5-9-13-15)23-24-20(25)28-16(14-10-6-4-7-11-14)18(26)22-19(27)21-2/h4-13,16H,3H2,1-2H3,(H2,21,22,26,27)/t16-/m0/s1. The number of carbonyl (C=O) groups is 2. The molecule has 0 aliphatic carbocycles. The second-order valence-electron chi connectivity index (χ2n) is 5.89. The molecule has 2 aromatic carbocycles. The summed E-state index contributed by atoms with van der Waals surface area (Å²) in [6, 6.07) is 18.5. The Morgan fingerprint density at radius 1 is 1.04 bits per heavy atom. The van der Waals surface area contributed by atoms with Crippen molar-refractivity contribution in [2.24, 2.45) is 0 Å². The average molecular weight is 395 g/mol. The van der Waals surface area contributed by atoms with E-state index in [1.54, 1.807) is 0 Å². The summed E-state index contributed by atoms with van der Waals surface area (Å²) in [5.74, 6) is 0.326. The molecule has 8 heteroatoms. The van der Waals surface area contributed by atoms with E-state index < -0.39 is 17.2 Å². The fraction of sp³-hybridized carbons (Fsp3) is 0.200. The van der Waals surface area contributed by atoms with Crippen molar-refractivity contribution in [1.82, 2.24) is 25.4 Å². The minimum Gasteiger partial charge on any atom is -0.341 e. The lowest BCUT2D eigenvalue weighted by Crippen LogP contribution is -2.39. The summed E-state index contributed by atoms with van der Waals surface area (Å²) in [5.41, 5.74) is 1.73. The van der Waals surface area contributed by atoms with E-state index in [1.165, 1.54) is 18.8 Å². The SMILES string of the molecule is CCn1c(S[C@H](C(=O)NC(=O)NC)c2ccccc2)nnc1-c1ccccc1. The average Bonchev–Trinajstić information content (AvgIpc) is 3.15. The van der Waals surface area contributed by atoms with Gasteiger partial charge < -0.3 is 9.88 Å². The molecule has 0 fully saturated rings. The highest BCUT2D eigenvalue weighted by Crippen LogP contribution is 2.36. The number of carbonyl (C=O) groups excluding carboxylic acids is 2. The lowest BCUT2D eigenvalue weighted by Gasteiger charge is -2.16. The molecule has 0 unspecified atom stereocenters. The van der Waals surface area contributed by atoms with Gasteiger partial charge >= 0.3 is 6.03 Å². The number of amides is 3. The Kier molecular flexibility index (Phi) is 6.44. The second-order valence-corrected chi connectivity index (χ2v) is 6.97. The second kappa shape index (κ2) is 9.18. The van der Waals surface area contributed by atoms with Crippen molar-refractivity contribution in [3.05, 3.63) is 66.2 Å². The van der Waals surface area contributed by atoms with Gasteiger partial charge in [0.05, 0.1) is 0 Å². The van der Waals surface area contributed by atoms with Crippen molar-refractivity contribution in [1.29, 1.82) is 0 Å². The van der Waals surface area contributed by atoms with Crippen molar-refractivity contribution in [3.8, 4) is 11.4 Å². The molecule has 0 bridgehead atoms. The van der Waals surface area contributed by atoms with Crippen LogP contribution in [0.15, 0.2) is 65.8 Å². The van der Waals surface area contributed by atoms with Gasteiger partial charge in [0.2, 0.25) is 5.91 Å². The smallest absolute Gasteiger partial charge is 0.321 e. The molecule has 1 atom stereocenters. The van der Waals surface area contributed by atoms with Crippen molar-refractivity contribution in [2.75, 3.05) is 7.05 Å². The van der Waals surface area contributed by atoms with Crippen LogP contribution in [-0.4, -0.2) is 33.8 Å². The molecule has 2 N–H and O–H groups in total. The Hall–Kier alpha value is -3.13. The third-order valence-corrected chi connectivity index (χ3v) is 5.33. The molecule has 0 saturated carbocycles. The first kappa shape index (κ1) is 19.6. The quantitative estimate of drug-likeness (QED) is 0.626. The zero-order valence-corrected chi connectivity index (χ0v) is 16.4. The fourth-order valence-corrected chi connectivity index (χ4v) is 3.81. The van der Waals surface area contributed by atoms with Gasteiger partial charge in [-0.25, -0.2) is 4.79 Å². The summed E-state index contributed by atoms with van der Waals surface area (Å²) < 4.78 is 1.96.